The van der Waals surface area contributed by atoms with E-state index < -0.39 is 17.9 Å². The first kappa shape index (κ1) is 15.8. The van der Waals surface area contributed by atoms with Gasteiger partial charge in [-0.05, 0) is 37.1 Å². The smallest absolute Gasteiger partial charge is 0.325 e. The third-order valence-corrected chi connectivity index (χ3v) is 2.51. The molecule has 5 heteroatoms. The highest BCUT2D eigenvalue weighted by Gasteiger charge is 2.11. The number of carbonyl (C=O) groups excluding carboxylic acids is 1. The third-order valence-electron chi connectivity index (χ3n) is 2.51. The van der Waals surface area contributed by atoms with Crippen LogP contribution >= 0.6 is 0 Å². The summed E-state index contributed by atoms with van der Waals surface area (Å²) in [6, 6.07) is 6.40. The fraction of sp³-hybridized carbons (Fsp3) is 0.333. The molecule has 0 spiro atoms. The molecule has 0 heterocycles. The second kappa shape index (κ2) is 7.99. The van der Waals surface area contributed by atoms with Crippen molar-refractivity contribution in [2.24, 2.45) is 0 Å². The molecule has 0 saturated carbocycles. The number of carbonyl (C=O) groups is 2. The first-order valence-corrected chi connectivity index (χ1v) is 6.47. The fourth-order valence-electron chi connectivity index (χ4n) is 1.39. The number of carboxylic acids is 1. The summed E-state index contributed by atoms with van der Waals surface area (Å²) in [4.78, 5) is 22.0. The van der Waals surface area contributed by atoms with Crippen molar-refractivity contribution in [2.45, 2.75) is 26.3 Å². The number of hydrogen-bond donors (Lipinski definition) is 2. The van der Waals surface area contributed by atoms with E-state index in [2.05, 4.69) is 5.32 Å². The van der Waals surface area contributed by atoms with E-state index in [0.29, 0.717) is 6.61 Å². The number of ether oxygens (including phenoxy) is 1. The Morgan fingerprint density at radius 3 is 2.55 bits per heavy atom. The third kappa shape index (κ3) is 5.56. The molecule has 2 N–H and O–H groups in total. The van der Waals surface area contributed by atoms with Gasteiger partial charge in [0.1, 0.15) is 11.8 Å². The molecule has 1 atom stereocenters. The number of hydrogen-bond acceptors (Lipinski definition) is 3. The molecular weight excluding hydrogens is 258 g/mol. The Balaban J connectivity index is 2.53. The molecule has 0 radical (unpaired) electrons. The Morgan fingerprint density at radius 2 is 2.00 bits per heavy atom. The van der Waals surface area contributed by atoms with E-state index in [1.54, 1.807) is 6.08 Å². The predicted octanol–water partition coefficient (Wildman–Crippen LogP) is 2.08. The normalized spacial score (nSPS) is 12.1. The highest BCUT2D eigenvalue weighted by atomic mass is 16.5. The molecule has 20 heavy (non-hydrogen) atoms. The van der Waals surface area contributed by atoms with Crippen molar-refractivity contribution >= 4 is 18.0 Å². The van der Waals surface area contributed by atoms with Crippen molar-refractivity contribution in [3.8, 4) is 5.75 Å². The van der Waals surface area contributed by atoms with Crippen molar-refractivity contribution in [3.05, 3.63) is 35.9 Å². The number of amides is 1. The molecule has 1 amide bonds. The van der Waals surface area contributed by atoms with Crippen molar-refractivity contribution in [3.63, 3.8) is 0 Å². The van der Waals surface area contributed by atoms with Crippen LogP contribution in [0.3, 0.4) is 0 Å². The fourth-order valence-corrected chi connectivity index (χ4v) is 1.39. The Labute approximate surface area is 118 Å². The average Bonchev–Trinajstić information content (AvgIpc) is 2.43. The van der Waals surface area contributed by atoms with E-state index in [0.717, 1.165) is 17.7 Å². The topological polar surface area (TPSA) is 75.6 Å². The van der Waals surface area contributed by atoms with Gasteiger partial charge in [-0.25, -0.2) is 0 Å². The van der Waals surface area contributed by atoms with Gasteiger partial charge in [0.15, 0.2) is 0 Å². The van der Waals surface area contributed by atoms with Gasteiger partial charge in [-0.15, -0.1) is 0 Å². The lowest BCUT2D eigenvalue weighted by molar-refractivity contribution is -0.140. The Bertz CT molecular complexity index is 479. The molecule has 0 aliphatic carbocycles. The molecule has 0 aromatic heterocycles. The Kier molecular flexibility index (Phi) is 6.29. The largest absolute Gasteiger partial charge is 0.494 e. The van der Waals surface area contributed by atoms with Crippen molar-refractivity contribution in [2.75, 3.05) is 6.61 Å². The van der Waals surface area contributed by atoms with Crippen LogP contribution in [0.5, 0.6) is 5.75 Å². The summed E-state index contributed by atoms with van der Waals surface area (Å²) < 4.78 is 5.45. The number of aliphatic carboxylic acids is 1. The van der Waals surface area contributed by atoms with Gasteiger partial charge in [0.2, 0.25) is 5.91 Å². The van der Waals surface area contributed by atoms with Crippen LogP contribution in [0.15, 0.2) is 30.3 Å². The molecule has 0 saturated heterocycles. The van der Waals surface area contributed by atoms with Crippen LogP contribution in [-0.4, -0.2) is 29.6 Å². The van der Waals surface area contributed by atoms with Gasteiger partial charge < -0.3 is 15.2 Å². The summed E-state index contributed by atoms with van der Waals surface area (Å²) in [5.74, 6) is -0.719. The lowest BCUT2D eigenvalue weighted by Gasteiger charge is -2.06. The number of carboxylic acid groups (broad SMARTS) is 1. The minimum absolute atomic E-state index is 0.439. The van der Waals surface area contributed by atoms with Crippen LogP contribution in [0.1, 0.15) is 25.8 Å². The highest BCUT2D eigenvalue weighted by molar-refractivity contribution is 5.94. The summed E-state index contributed by atoms with van der Waals surface area (Å²) in [6.45, 7) is 4.12. The Hall–Kier alpha value is -2.30. The van der Waals surface area contributed by atoms with Crippen LogP contribution in [0.25, 0.3) is 6.08 Å². The molecule has 1 aromatic carbocycles. The molecule has 0 unspecified atom stereocenters. The maximum atomic E-state index is 11.5. The molecule has 0 bridgehead atoms. The second-order valence-electron chi connectivity index (χ2n) is 4.32. The summed E-state index contributed by atoms with van der Waals surface area (Å²) in [5.41, 5.74) is 0.840. The lowest BCUT2D eigenvalue weighted by atomic mass is 10.2. The first-order chi connectivity index (χ1) is 9.52. The zero-order chi connectivity index (χ0) is 15.0. The van der Waals surface area contributed by atoms with Crippen LogP contribution in [0.4, 0.5) is 0 Å². The second-order valence-corrected chi connectivity index (χ2v) is 4.32. The zero-order valence-electron chi connectivity index (χ0n) is 11.6. The maximum Gasteiger partial charge on any atom is 0.325 e. The monoisotopic (exact) mass is 277 g/mol. The highest BCUT2D eigenvalue weighted by Crippen LogP contribution is 2.13. The minimum Gasteiger partial charge on any atom is -0.494 e. The number of nitrogens with one attached hydrogen (secondary N) is 1. The standard InChI is InChI=1S/C15H19NO4/c1-3-10-20-13-7-4-12(5-8-13)6-9-14(17)16-11(2)15(18)19/h4-9,11H,3,10H2,1-2H3,(H,16,17)(H,18,19)/b9-6+/t11-/m1/s1. The molecule has 108 valence electrons. The minimum atomic E-state index is -1.07. The summed E-state index contributed by atoms with van der Waals surface area (Å²) in [5, 5.41) is 11.0. The van der Waals surface area contributed by atoms with Crippen LogP contribution < -0.4 is 10.1 Å². The van der Waals surface area contributed by atoms with Gasteiger partial charge in [-0.3, -0.25) is 9.59 Å². The van der Waals surface area contributed by atoms with Crippen LogP contribution in [-0.2, 0) is 9.59 Å². The Morgan fingerprint density at radius 1 is 1.35 bits per heavy atom. The SMILES string of the molecule is CCCOc1ccc(/C=C/C(=O)N[C@H](C)C(=O)O)cc1. The van der Waals surface area contributed by atoms with E-state index in [-0.39, 0.29) is 0 Å². The van der Waals surface area contributed by atoms with Crippen LogP contribution in [0.2, 0.25) is 0 Å². The summed E-state index contributed by atoms with van der Waals surface area (Å²) in [6.07, 6.45) is 3.87. The van der Waals surface area contributed by atoms with Crippen LogP contribution in [0, 0.1) is 0 Å². The average molecular weight is 277 g/mol. The van der Waals surface area contributed by atoms with Crippen molar-refractivity contribution in [1.29, 1.82) is 0 Å². The lowest BCUT2D eigenvalue weighted by Crippen LogP contribution is -2.37. The molecule has 5 nitrogen and oxygen atoms in total. The van der Waals surface area contributed by atoms with Crippen molar-refractivity contribution in [1.82, 2.24) is 5.32 Å². The van der Waals surface area contributed by atoms with E-state index in [1.165, 1.54) is 13.0 Å². The van der Waals surface area contributed by atoms with Gasteiger partial charge in [0.25, 0.3) is 0 Å². The van der Waals surface area contributed by atoms with Gasteiger partial charge >= 0.3 is 5.97 Å². The van der Waals surface area contributed by atoms with Gasteiger partial charge in [0.05, 0.1) is 6.61 Å². The van der Waals surface area contributed by atoms with Crippen molar-refractivity contribution < 1.29 is 19.4 Å². The van der Waals surface area contributed by atoms with Gasteiger partial charge in [0, 0.05) is 6.08 Å². The van der Waals surface area contributed by atoms with E-state index >= 15 is 0 Å². The molecule has 1 aromatic rings. The molecule has 0 aliphatic heterocycles. The molecule has 1 rings (SSSR count). The summed E-state index contributed by atoms with van der Waals surface area (Å²) in [7, 11) is 0. The van der Waals surface area contributed by atoms with Gasteiger partial charge in [-0.1, -0.05) is 19.1 Å². The molecule has 0 fully saturated rings. The maximum absolute atomic E-state index is 11.5. The van der Waals surface area contributed by atoms with Gasteiger partial charge in [-0.2, -0.15) is 0 Å². The summed E-state index contributed by atoms with van der Waals surface area (Å²) >= 11 is 0. The first-order valence-electron chi connectivity index (χ1n) is 6.47. The number of benzene rings is 1. The predicted molar refractivity (Wildman–Crippen MR) is 76.5 cm³/mol. The van der Waals surface area contributed by atoms with E-state index in [1.807, 2.05) is 31.2 Å². The quantitative estimate of drug-likeness (QED) is 0.748. The molecule has 0 aliphatic rings. The van der Waals surface area contributed by atoms with E-state index in [4.69, 9.17) is 9.84 Å². The number of rotatable bonds is 7. The zero-order valence-corrected chi connectivity index (χ0v) is 11.6. The molecular formula is C15H19NO4. The van der Waals surface area contributed by atoms with E-state index in [9.17, 15) is 9.59 Å².